The van der Waals surface area contributed by atoms with Crippen molar-refractivity contribution in [2.24, 2.45) is 0 Å². The maximum Gasteiger partial charge on any atom is 0.255 e. The van der Waals surface area contributed by atoms with E-state index in [9.17, 15) is 4.79 Å². The quantitative estimate of drug-likeness (QED) is 0.452. The summed E-state index contributed by atoms with van der Waals surface area (Å²) in [5, 5.41) is 3.09. The summed E-state index contributed by atoms with van der Waals surface area (Å²) in [4.78, 5) is 29.1. The molecule has 0 bridgehead atoms. The van der Waals surface area contributed by atoms with Gasteiger partial charge in [0, 0.05) is 67.3 Å². The van der Waals surface area contributed by atoms with Gasteiger partial charge in [-0.2, -0.15) is 0 Å². The van der Waals surface area contributed by atoms with Crippen LogP contribution in [-0.4, -0.2) is 86.4 Å². The molecule has 0 radical (unpaired) electrons. The van der Waals surface area contributed by atoms with Crippen molar-refractivity contribution >= 4 is 23.2 Å². The average molecular weight is 563 g/mol. The number of carbonyl (C=O) groups excluding carboxylic acids is 1. The van der Waals surface area contributed by atoms with Crippen LogP contribution in [0, 0.1) is 5.82 Å². The van der Waals surface area contributed by atoms with E-state index in [2.05, 4.69) is 46.0 Å². The van der Waals surface area contributed by atoms with Crippen molar-refractivity contribution < 1.29 is 18.7 Å². The molecule has 2 aliphatic heterocycles. The molecule has 0 spiro atoms. The zero-order valence-electron chi connectivity index (χ0n) is 24.5. The van der Waals surface area contributed by atoms with Crippen LogP contribution in [0.5, 0.6) is 5.75 Å². The number of hydrogen-bond donors (Lipinski definition) is 1. The molecule has 5 rings (SSSR count). The molecule has 1 amide bonds. The third kappa shape index (κ3) is 6.28. The lowest BCUT2D eigenvalue weighted by molar-refractivity contribution is 0.102. The van der Waals surface area contributed by atoms with E-state index in [1.807, 2.05) is 24.0 Å². The molecular formula is C31H39FN6O3. The molecule has 2 saturated heterocycles. The van der Waals surface area contributed by atoms with Gasteiger partial charge in [-0.15, -0.1) is 0 Å². The third-order valence-corrected chi connectivity index (χ3v) is 8.15. The number of aryl methyl sites for hydroxylation is 1. The van der Waals surface area contributed by atoms with Crippen molar-refractivity contribution in [2.75, 3.05) is 68.7 Å². The van der Waals surface area contributed by atoms with E-state index in [0.717, 1.165) is 12.0 Å². The normalized spacial score (nSPS) is 19.8. The standard InChI is InChI=1S/C31H39FN6O3/c1-6-22-11-23(13-25(12-22)40-5)30(39)35-28-14-26(24-16-33-31(34-17-24)37-7-9-41-10-8-37)27(32)15-29(28)38-18-20(2)36(4)21(3)19-38/h11-17,20-21H,6-10,18-19H2,1-5H3,(H,35,39)/t20-,21+. The molecule has 9 nitrogen and oxygen atoms in total. The molecule has 1 aromatic heterocycles. The number of methoxy groups -OCH3 is 1. The lowest BCUT2D eigenvalue weighted by Gasteiger charge is -2.44. The molecule has 218 valence electrons. The zero-order valence-corrected chi connectivity index (χ0v) is 24.5. The van der Waals surface area contributed by atoms with Gasteiger partial charge in [0.05, 0.1) is 31.7 Å². The van der Waals surface area contributed by atoms with Crippen LogP contribution in [0.1, 0.15) is 36.7 Å². The summed E-state index contributed by atoms with van der Waals surface area (Å²) in [5.74, 6) is 0.530. The monoisotopic (exact) mass is 562 g/mol. The molecule has 2 fully saturated rings. The smallest absolute Gasteiger partial charge is 0.255 e. The average Bonchev–Trinajstić information content (AvgIpc) is 3.00. The van der Waals surface area contributed by atoms with Gasteiger partial charge in [-0.25, -0.2) is 14.4 Å². The molecule has 3 aromatic rings. The summed E-state index contributed by atoms with van der Waals surface area (Å²) in [6.45, 7) is 10.4. The van der Waals surface area contributed by atoms with Gasteiger partial charge in [-0.3, -0.25) is 9.69 Å². The highest BCUT2D eigenvalue weighted by Gasteiger charge is 2.29. The minimum atomic E-state index is -0.394. The highest BCUT2D eigenvalue weighted by atomic mass is 19.1. The number of morpholine rings is 1. The second-order valence-corrected chi connectivity index (χ2v) is 10.9. The Hall–Kier alpha value is -3.76. The van der Waals surface area contributed by atoms with Crippen molar-refractivity contribution in [1.82, 2.24) is 14.9 Å². The van der Waals surface area contributed by atoms with Crippen LogP contribution in [0.15, 0.2) is 42.7 Å². The number of amides is 1. The maximum atomic E-state index is 15.8. The SMILES string of the molecule is CCc1cc(OC)cc(C(=O)Nc2cc(-c3cnc(N4CCOCC4)nc3)c(F)cc2N2C[C@@H](C)N(C)[C@@H](C)C2)c1. The Labute approximate surface area is 241 Å². The second kappa shape index (κ2) is 12.4. The van der Waals surface area contributed by atoms with Crippen molar-refractivity contribution in [1.29, 1.82) is 0 Å². The van der Waals surface area contributed by atoms with Crippen LogP contribution in [-0.2, 0) is 11.2 Å². The fourth-order valence-electron chi connectivity index (χ4n) is 5.44. The van der Waals surface area contributed by atoms with Crippen molar-refractivity contribution in [3.05, 3.63) is 59.7 Å². The van der Waals surface area contributed by atoms with Crippen LogP contribution in [0.3, 0.4) is 0 Å². The first kappa shape index (κ1) is 28.8. The number of ether oxygens (including phenoxy) is 2. The lowest BCUT2D eigenvalue weighted by Crippen LogP contribution is -2.55. The van der Waals surface area contributed by atoms with Crippen LogP contribution in [0.4, 0.5) is 21.7 Å². The molecule has 2 aliphatic rings. The van der Waals surface area contributed by atoms with Crippen LogP contribution in [0.25, 0.3) is 11.1 Å². The molecular weight excluding hydrogens is 523 g/mol. The Morgan fingerprint density at radius 1 is 1.05 bits per heavy atom. The number of hydrogen-bond acceptors (Lipinski definition) is 8. The van der Waals surface area contributed by atoms with Gasteiger partial charge in [0.15, 0.2) is 0 Å². The molecule has 0 saturated carbocycles. The molecule has 1 N–H and O–H groups in total. The molecule has 3 heterocycles. The summed E-state index contributed by atoms with van der Waals surface area (Å²) in [7, 11) is 3.69. The van der Waals surface area contributed by atoms with E-state index < -0.39 is 5.82 Å². The molecule has 2 aromatic carbocycles. The number of rotatable bonds is 7. The topological polar surface area (TPSA) is 83.1 Å². The van der Waals surface area contributed by atoms with Gasteiger partial charge < -0.3 is 24.6 Å². The number of aromatic nitrogens is 2. The number of nitrogens with one attached hydrogen (secondary N) is 1. The lowest BCUT2D eigenvalue weighted by atomic mass is 10.0. The molecule has 0 aliphatic carbocycles. The predicted molar refractivity (Wildman–Crippen MR) is 160 cm³/mol. The Morgan fingerprint density at radius 2 is 1.73 bits per heavy atom. The summed E-state index contributed by atoms with van der Waals surface area (Å²) < 4.78 is 26.7. The molecule has 2 atom stereocenters. The zero-order chi connectivity index (χ0) is 29.1. The van der Waals surface area contributed by atoms with E-state index >= 15 is 4.39 Å². The number of carbonyl (C=O) groups is 1. The predicted octanol–water partition coefficient (Wildman–Crippen LogP) is 4.47. The van der Waals surface area contributed by atoms with E-state index in [4.69, 9.17) is 9.47 Å². The minimum absolute atomic E-state index is 0.261. The van der Waals surface area contributed by atoms with Crippen molar-refractivity contribution in [3.8, 4) is 16.9 Å². The van der Waals surface area contributed by atoms with Crippen LogP contribution < -0.4 is 19.9 Å². The second-order valence-electron chi connectivity index (χ2n) is 10.9. The Bertz CT molecular complexity index is 1340. The van der Waals surface area contributed by atoms with Gasteiger partial charge in [-0.1, -0.05) is 6.92 Å². The van der Waals surface area contributed by atoms with Crippen molar-refractivity contribution in [3.63, 3.8) is 0 Å². The first-order valence-corrected chi connectivity index (χ1v) is 14.2. The van der Waals surface area contributed by atoms with E-state index in [1.165, 1.54) is 6.07 Å². The van der Waals surface area contributed by atoms with Gasteiger partial charge >= 0.3 is 0 Å². The number of nitrogens with zero attached hydrogens (tertiary/aromatic N) is 5. The van der Waals surface area contributed by atoms with E-state index in [-0.39, 0.29) is 18.0 Å². The minimum Gasteiger partial charge on any atom is -0.497 e. The summed E-state index contributed by atoms with van der Waals surface area (Å²) >= 11 is 0. The van der Waals surface area contributed by atoms with Gasteiger partial charge in [0.2, 0.25) is 5.95 Å². The largest absolute Gasteiger partial charge is 0.497 e. The number of anilines is 3. The fourth-order valence-corrected chi connectivity index (χ4v) is 5.44. The highest BCUT2D eigenvalue weighted by Crippen LogP contribution is 2.36. The Balaban J connectivity index is 1.51. The molecule has 0 unspecified atom stereocenters. The molecule has 10 heteroatoms. The number of piperazine rings is 1. The van der Waals surface area contributed by atoms with E-state index in [0.29, 0.717) is 79.2 Å². The number of benzene rings is 2. The number of likely N-dealkylation sites (N-methyl/N-ethyl adjacent to an activating group) is 1. The Morgan fingerprint density at radius 3 is 2.37 bits per heavy atom. The fraction of sp³-hybridized carbons (Fsp3) is 0.452. The first-order chi connectivity index (χ1) is 19.8. The first-order valence-electron chi connectivity index (χ1n) is 14.2. The summed E-state index contributed by atoms with van der Waals surface area (Å²) in [6, 6.07) is 9.25. The van der Waals surface area contributed by atoms with Crippen molar-refractivity contribution in [2.45, 2.75) is 39.3 Å². The summed E-state index contributed by atoms with van der Waals surface area (Å²) in [5.41, 5.74) is 3.53. The van der Waals surface area contributed by atoms with E-state index in [1.54, 1.807) is 31.6 Å². The Kier molecular flexibility index (Phi) is 8.70. The molecule has 41 heavy (non-hydrogen) atoms. The van der Waals surface area contributed by atoms with Gasteiger partial charge in [0.25, 0.3) is 5.91 Å². The maximum absolute atomic E-state index is 15.8. The third-order valence-electron chi connectivity index (χ3n) is 8.15. The van der Waals surface area contributed by atoms with Crippen LogP contribution in [0.2, 0.25) is 0 Å². The summed E-state index contributed by atoms with van der Waals surface area (Å²) in [6.07, 6.45) is 4.04. The highest BCUT2D eigenvalue weighted by molar-refractivity contribution is 6.06. The number of halogens is 1. The van der Waals surface area contributed by atoms with Gasteiger partial charge in [-0.05, 0) is 63.2 Å². The van der Waals surface area contributed by atoms with Crippen LogP contribution >= 0.6 is 0 Å². The van der Waals surface area contributed by atoms with Gasteiger partial charge in [0.1, 0.15) is 11.6 Å².